The Morgan fingerprint density at radius 2 is 2.09 bits per heavy atom. The summed E-state index contributed by atoms with van der Waals surface area (Å²) in [4.78, 5) is 12.6. The first kappa shape index (κ1) is 16.5. The molecule has 128 valence electrons. The molecule has 2 bridgehead atoms. The van der Waals surface area contributed by atoms with E-state index in [-0.39, 0.29) is 16.8 Å². The topological polar surface area (TPSA) is 80.2 Å². The summed E-state index contributed by atoms with van der Waals surface area (Å²) < 4.78 is 27.5. The molecule has 1 heterocycles. The van der Waals surface area contributed by atoms with E-state index in [0.29, 0.717) is 11.6 Å². The number of amides is 1. The third kappa shape index (κ3) is 3.04. The van der Waals surface area contributed by atoms with Crippen molar-refractivity contribution in [2.75, 3.05) is 7.05 Å². The zero-order valence-corrected chi connectivity index (χ0v) is 14.7. The average molecular weight is 339 g/mol. The van der Waals surface area contributed by atoms with Gasteiger partial charge in [0.15, 0.2) is 0 Å². The van der Waals surface area contributed by atoms with Gasteiger partial charge in [0.2, 0.25) is 10.0 Å². The van der Waals surface area contributed by atoms with Crippen LogP contribution in [0.1, 0.15) is 43.1 Å². The molecule has 0 radical (unpaired) electrons. The van der Waals surface area contributed by atoms with E-state index >= 15 is 0 Å². The van der Waals surface area contributed by atoms with Crippen LogP contribution in [0.3, 0.4) is 0 Å². The summed E-state index contributed by atoms with van der Waals surface area (Å²) in [5.41, 5.74) is 0.369. The second-order valence-electron chi connectivity index (χ2n) is 6.98. The molecule has 0 unspecified atom stereocenters. The lowest BCUT2D eigenvalue weighted by atomic mass is 9.84. The highest BCUT2D eigenvalue weighted by Gasteiger charge is 2.42. The Labute approximate surface area is 137 Å². The van der Waals surface area contributed by atoms with E-state index in [4.69, 9.17) is 0 Å². The largest absolute Gasteiger partial charge is 0.348 e. The van der Waals surface area contributed by atoms with Crippen molar-refractivity contribution in [3.63, 3.8) is 0 Å². The van der Waals surface area contributed by atoms with Crippen LogP contribution in [0.5, 0.6) is 0 Å². The van der Waals surface area contributed by atoms with Crippen LogP contribution in [0.4, 0.5) is 0 Å². The molecule has 0 saturated heterocycles. The maximum atomic E-state index is 12.5. The number of hydrogen-bond acceptors (Lipinski definition) is 3. The van der Waals surface area contributed by atoms with Gasteiger partial charge in [0.1, 0.15) is 10.6 Å². The van der Waals surface area contributed by atoms with Crippen molar-refractivity contribution in [2.24, 2.45) is 24.8 Å². The Balaban J connectivity index is 1.71. The van der Waals surface area contributed by atoms with Gasteiger partial charge >= 0.3 is 0 Å². The zero-order valence-electron chi connectivity index (χ0n) is 13.9. The van der Waals surface area contributed by atoms with Crippen molar-refractivity contribution in [3.8, 4) is 0 Å². The molecular formula is C16H25N3O3S. The van der Waals surface area contributed by atoms with Crippen molar-refractivity contribution >= 4 is 15.9 Å². The van der Waals surface area contributed by atoms with Crippen molar-refractivity contribution < 1.29 is 13.2 Å². The summed E-state index contributed by atoms with van der Waals surface area (Å²) in [5, 5.41) is 3.07. The third-order valence-corrected chi connectivity index (χ3v) is 6.97. The molecule has 1 amide bonds. The molecule has 0 aromatic carbocycles. The summed E-state index contributed by atoms with van der Waals surface area (Å²) in [6, 6.07) is 1.55. The summed E-state index contributed by atoms with van der Waals surface area (Å²) >= 11 is 0. The molecule has 2 fully saturated rings. The lowest BCUT2D eigenvalue weighted by Gasteiger charge is -2.28. The fourth-order valence-electron chi connectivity index (χ4n) is 4.32. The number of hydrogen-bond donors (Lipinski definition) is 2. The normalized spacial score (nSPS) is 28.0. The summed E-state index contributed by atoms with van der Waals surface area (Å²) in [6.45, 7) is 2.07. The van der Waals surface area contributed by atoms with Crippen LogP contribution in [0.25, 0.3) is 0 Å². The highest BCUT2D eigenvalue weighted by molar-refractivity contribution is 7.89. The SMILES string of the molecule is CNS(=O)(=O)c1cc(C(=O)N[C@@H](C)[C@H]2C[C@@H]3CC[C@@H]2C3)n(C)c1. The summed E-state index contributed by atoms with van der Waals surface area (Å²) in [6.07, 6.45) is 6.59. The van der Waals surface area contributed by atoms with Crippen molar-refractivity contribution in [1.29, 1.82) is 0 Å². The van der Waals surface area contributed by atoms with E-state index in [1.807, 2.05) is 0 Å². The van der Waals surface area contributed by atoms with Crippen LogP contribution >= 0.6 is 0 Å². The van der Waals surface area contributed by atoms with Gasteiger partial charge in [-0.15, -0.1) is 0 Å². The van der Waals surface area contributed by atoms with E-state index in [2.05, 4.69) is 17.0 Å². The molecule has 0 spiro atoms. The Hall–Kier alpha value is -1.34. The van der Waals surface area contributed by atoms with Gasteiger partial charge in [-0.2, -0.15) is 0 Å². The smallest absolute Gasteiger partial charge is 0.268 e. The molecule has 3 rings (SSSR count). The van der Waals surface area contributed by atoms with E-state index < -0.39 is 10.0 Å². The lowest BCUT2D eigenvalue weighted by Crippen LogP contribution is -2.40. The molecule has 0 aliphatic heterocycles. The molecule has 1 aromatic heterocycles. The molecule has 7 heteroatoms. The quantitative estimate of drug-likeness (QED) is 0.853. The number of nitrogens with one attached hydrogen (secondary N) is 2. The first-order chi connectivity index (χ1) is 10.8. The number of nitrogens with zero attached hydrogens (tertiary/aromatic N) is 1. The highest BCUT2D eigenvalue weighted by Crippen LogP contribution is 2.49. The van der Waals surface area contributed by atoms with E-state index in [0.717, 1.165) is 11.8 Å². The van der Waals surface area contributed by atoms with Gasteiger partial charge in [-0.05, 0) is 57.1 Å². The summed E-state index contributed by atoms with van der Waals surface area (Å²) in [7, 11) is -0.489. The molecule has 2 aliphatic rings. The van der Waals surface area contributed by atoms with Crippen molar-refractivity contribution in [1.82, 2.24) is 14.6 Å². The Kier molecular flexibility index (Phi) is 4.27. The van der Waals surface area contributed by atoms with E-state index in [9.17, 15) is 13.2 Å². The predicted molar refractivity (Wildman–Crippen MR) is 87.5 cm³/mol. The van der Waals surface area contributed by atoms with Gasteiger partial charge in [-0.3, -0.25) is 4.79 Å². The fraction of sp³-hybridized carbons (Fsp3) is 0.688. The van der Waals surface area contributed by atoms with Gasteiger partial charge in [0.05, 0.1) is 0 Å². The number of carbonyl (C=O) groups is 1. The maximum Gasteiger partial charge on any atom is 0.268 e. The minimum atomic E-state index is -3.54. The van der Waals surface area contributed by atoms with Crippen LogP contribution in [0.15, 0.2) is 17.2 Å². The molecule has 2 saturated carbocycles. The van der Waals surface area contributed by atoms with Crippen LogP contribution < -0.4 is 10.0 Å². The Morgan fingerprint density at radius 3 is 2.65 bits per heavy atom. The first-order valence-corrected chi connectivity index (χ1v) is 9.71. The lowest BCUT2D eigenvalue weighted by molar-refractivity contribution is 0.0907. The minimum Gasteiger partial charge on any atom is -0.348 e. The molecular weight excluding hydrogens is 314 g/mol. The van der Waals surface area contributed by atoms with Gasteiger partial charge in [-0.1, -0.05) is 6.42 Å². The standard InChI is InChI=1S/C16H25N3O3S/c1-10(14-7-11-4-5-12(14)6-11)18-16(20)15-8-13(9-19(15)3)23(21,22)17-2/h8-12,14,17H,4-7H2,1-3H3,(H,18,20)/t10-,11+,12+,14+/m0/s1. The zero-order chi connectivity index (χ0) is 16.8. The monoisotopic (exact) mass is 339 g/mol. The highest BCUT2D eigenvalue weighted by atomic mass is 32.2. The molecule has 2 N–H and O–H groups in total. The first-order valence-electron chi connectivity index (χ1n) is 8.22. The minimum absolute atomic E-state index is 0.111. The summed E-state index contributed by atoms with van der Waals surface area (Å²) in [5.74, 6) is 1.93. The molecule has 6 nitrogen and oxygen atoms in total. The maximum absolute atomic E-state index is 12.5. The number of carbonyl (C=O) groups excluding carboxylic acids is 1. The van der Waals surface area contributed by atoms with Gasteiger partial charge in [-0.25, -0.2) is 13.1 Å². The van der Waals surface area contributed by atoms with Crippen LogP contribution in [0, 0.1) is 17.8 Å². The number of fused-ring (bicyclic) bond motifs is 2. The number of sulfonamides is 1. The van der Waals surface area contributed by atoms with Crippen LogP contribution in [0.2, 0.25) is 0 Å². The van der Waals surface area contributed by atoms with Crippen molar-refractivity contribution in [2.45, 2.75) is 43.5 Å². The Morgan fingerprint density at radius 1 is 1.35 bits per heavy atom. The van der Waals surface area contributed by atoms with Crippen LogP contribution in [-0.2, 0) is 17.1 Å². The van der Waals surface area contributed by atoms with Gasteiger partial charge in [0, 0.05) is 19.3 Å². The molecule has 4 atom stereocenters. The number of aryl methyl sites for hydroxylation is 1. The van der Waals surface area contributed by atoms with Gasteiger partial charge in [0.25, 0.3) is 5.91 Å². The predicted octanol–water partition coefficient (Wildman–Crippen LogP) is 1.49. The molecule has 23 heavy (non-hydrogen) atoms. The fourth-order valence-corrected chi connectivity index (χ4v) is 5.12. The Bertz CT molecular complexity index is 710. The number of rotatable bonds is 5. The molecule has 1 aromatic rings. The molecule has 2 aliphatic carbocycles. The van der Waals surface area contributed by atoms with E-state index in [1.54, 1.807) is 11.6 Å². The van der Waals surface area contributed by atoms with Crippen LogP contribution in [-0.4, -0.2) is 32.0 Å². The second-order valence-corrected chi connectivity index (χ2v) is 8.87. The third-order valence-electron chi connectivity index (χ3n) is 5.59. The van der Waals surface area contributed by atoms with E-state index in [1.165, 1.54) is 45.0 Å². The van der Waals surface area contributed by atoms with Gasteiger partial charge < -0.3 is 9.88 Å². The second kappa shape index (κ2) is 5.94. The number of aromatic nitrogens is 1. The average Bonchev–Trinajstić information content (AvgIpc) is 3.21. The van der Waals surface area contributed by atoms with Crippen molar-refractivity contribution in [3.05, 3.63) is 18.0 Å².